The second kappa shape index (κ2) is 7.15. The van der Waals surface area contributed by atoms with Crippen LogP contribution in [0, 0.1) is 0 Å². The van der Waals surface area contributed by atoms with Crippen molar-refractivity contribution in [1.29, 1.82) is 0 Å². The SMILES string of the molecule is CC1(c2cc(-c3cc(-c4ccc(C(=O)O)cc4)[nH]n3)ccc2O)CCCCC1. The number of hydrogen-bond donors (Lipinski definition) is 3. The minimum atomic E-state index is -0.940. The lowest BCUT2D eigenvalue weighted by atomic mass is 9.70. The largest absolute Gasteiger partial charge is 0.508 e. The second-order valence-electron chi connectivity index (χ2n) is 7.90. The van der Waals surface area contributed by atoms with Crippen LogP contribution >= 0.6 is 0 Å². The molecule has 0 aliphatic heterocycles. The lowest BCUT2D eigenvalue weighted by molar-refractivity contribution is 0.0697. The van der Waals surface area contributed by atoms with E-state index >= 15 is 0 Å². The number of aromatic amines is 1. The predicted octanol–water partition coefficient (Wildman–Crippen LogP) is 5.37. The summed E-state index contributed by atoms with van der Waals surface area (Å²) in [5.41, 5.74) is 4.73. The Hall–Kier alpha value is -3.08. The van der Waals surface area contributed by atoms with Gasteiger partial charge in [-0.05, 0) is 60.2 Å². The van der Waals surface area contributed by atoms with E-state index in [1.165, 1.54) is 19.3 Å². The molecule has 0 spiro atoms. The molecule has 1 heterocycles. The van der Waals surface area contributed by atoms with Gasteiger partial charge in [0.25, 0.3) is 0 Å². The zero-order valence-corrected chi connectivity index (χ0v) is 15.9. The molecule has 1 saturated carbocycles. The molecule has 0 atom stereocenters. The van der Waals surface area contributed by atoms with Gasteiger partial charge >= 0.3 is 5.97 Å². The van der Waals surface area contributed by atoms with Gasteiger partial charge in [-0.1, -0.05) is 38.3 Å². The molecule has 0 bridgehead atoms. The molecule has 2 aromatic carbocycles. The van der Waals surface area contributed by atoms with Crippen LogP contribution in [-0.2, 0) is 5.41 Å². The Bertz CT molecular complexity index is 999. The first-order valence-corrected chi connectivity index (χ1v) is 9.69. The number of phenolic OH excluding ortho intramolecular Hbond substituents is 1. The van der Waals surface area contributed by atoms with E-state index in [1.54, 1.807) is 30.3 Å². The van der Waals surface area contributed by atoms with Gasteiger partial charge in [0, 0.05) is 11.1 Å². The number of aromatic hydroxyl groups is 1. The number of H-pyrrole nitrogens is 1. The van der Waals surface area contributed by atoms with E-state index in [2.05, 4.69) is 23.2 Å². The Balaban J connectivity index is 1.65. The highest BCUT2D eigenvalue weighted by Gasteiger charge is 2.31. The Morgan fingerprint density at radius 3 is 2.36 bits per heavy atom. The average molecular weight is 376 g/mol. The van der Waals surface area contributed by atoms with Gasteiger partial charge in [-0.2, -0.15) is 5.10 Å². The van der Waals surface area contributed by atoms with Crippen molar-refractivity contribution in [1.82, 2.24) is 10.2 Å². The number of phenols is 1. The van der Waals surface area contributed by atoms with E-state index in [-0.39, 0.29) is 11.0 Å². The molecule has 1 aliphatic rings. The third kappa shape index (κ3) is 3.40. The summed E-state index contributed by atoms with van der Waals surface area (Å²) in [7, 11) is 0. The summed E-state index contributed by atoms with van der Waals surface area (Å²) in [5, 5.41) is 27.0. The number of rotatable bonds is 4. The number of benzene rings is 2. The van der Waals surface area contributed by atoms with Crippen LogP contribution in [-0.4, -0.2) is 26.4 Å². The summed E-state index contributed by atoms with van der Waals surface area (Å²) >= 11 is 0. The number of carboxylic acid groups (broad SMARTS) is 1. The van der Waals surface area contributed by atoms with Gasteiger partial charge in [0.15, 0.2) is 0 Å². The van der Waals surface area contributed by atoms with Crippen molar-refractivity contribution in [2.45, 2.75) is 44.4 Å². The van der Waals surface area contributed by atoms with Crippen LogP contribution in [0.1, 0.15) is 54.9 Å². The summed E-state index contributed by atoms with van der Waals surface area (Å²) in [6.07, 6.45) is 5.83. The standard InChI is InChI=1S/C23H24N2O3/c1-23(11-3-2-4-12-23)18-13-17(9-10-21(18)26)20-14-19(24-25-20)15-5-7-16(8-6-15)22(27)28/h5-10,13-14,26H,2-4,11-12H2,1H3,(H,24,25)(H,27,28). The van der Waals surface area contributed by atoms with Crippen molar-refractivity contribution in [2.24, 2.45) is 0 Å². The molecular formula is C23H24N2O3. The minimum absolute atomic E-state index is 0.00411. The molecule has 144 valence electrons. The van der Waals surface area contributed by atoms with E-state index in [9.17, 15) is 9.90 Å². The Morgan fingerprint density at radius 1 is 1.00 bits per heavy atom. The van der Waals surface area contributed by atoms with Crippen LogP contribution in [0.25, 0.3) is 22.5 Å². The van der Waals surface area contributed by atoms with Crippen LogP contribution in [0.5, 0.6) is 5.75 Å². The lowest BCUT2D eigenvalue weighted by Crippen LogP contribution is -2.25. The maximum atomic E-state index is 11.0. The molecule has 1 fully saturated rings. The summed E-state index contributed by atoms with van der Waals surface area (Å²) in [5.74, 6) is -0.585. The van der Waals surface area contributed by atoms with E-state index in [0.717, 1.165) is 40.9 Å². The van der Waals surface area contributed by atoms with E-state index in [0.29, 0.717) is 5.75 Å². The maximum Gasteiger partial charge on any atom is 0.335 e. The normalized spacial score (nSPS) is 16.0. The molecule has 28 heavy (non-hydrogen) atoms. The molecule has 5 nitrogen and oxygen atoms in total. The van der Waals surface area contributed by atoms with Crippen molar-refractivity contribution in [3.05, 3.63) is 59.7 Å². The smallest absolute Gasteiger partial charge is 0.335 e. The minimum Gasteiger partial charge on any atom is -0.508 e. The van der Waals surface area contributed by atoms with Crippen LogP contribution in [0.3, 0.4) is 0 Å². The van der Waals surface area contributed by atoms with Gasteiger partial charge in [-0.15, -0.1) is 0 Å². The highest BCUT2D eigenvalue weighted by atomic mass is 16.4. The van der Waals surface area contributed by atoms with Gasteiger partial charge in [0.2, 0.25) is 0 Å². The van der Waals surface area contributed by atoms with Crippen molar-refractivity contribution in [3.63, 3.8) is 0 Å². The number of hydrogen-bond acceptors (Lipinski definition) is 3. The van der Waals surface area contributed by atoms with Crippen molar-refractivity contribution < 1.29 is 15.0 Å². The lowest BCUT2D eigenvalue weighted by Gasteiger charge is -2.34. The molecule has 5 heteroatoms. The molecule has 3 N–H and O–H groups in total. The predicted molar refractivity (Wildman–Crippen MR) is 109 cm³/mol. The van der Waals surface area contributed by atoms with Gasteiger partial charge < -0.3 is 10.2 Å². The first-order valence-electron chi connectivity index (χ1n) is 9.69. The zero-order valence-electron chi connectivity index (χ0n) is 15.9. The maximum absolute atomic E-state index is 11.0. The second-order valence-corrected chi connectivity index (χ2v) is 7.90. The number of aromatic carboxylic acids is 1. The molecule has 0 saturated heterocycles. The van der Waals surface area contributed by atoms with Crippen LogP contribution < -0.4 is 0 Å². The molecule has 3 aromatic rings. The monoisotopic (exact) mass is 376 g/mol. The fraction of sp³-hybridized carbons (Fsp3) is 0.304. The summed E-state index contributed by atoms with van der Waals surface area (Å²) < 4.78 is 0. The Kier molecular flexibility index (Phi) is 4.67. The average Bonchev–Trinajstić information content (AvgIpc) is 3.19. The van der Waals surface area contributed by atoms with Crippen LogP contribution in [0.4, 0.5) is 0 Å². The fourth-order valence-corrected chi connectivity index (χ4v) is 4.19. The van der Waals surface area contributed by atoms with Gasteiger partial charge in [-0.3, -0.25) is 5.10 Å². The quantitative estimate of drug-likeness (QED) is 0.571. The number of nitrogens with zero attached hydrogens (tertiary/aromatic N) is 1. The third-order valence-electron chi connectivity index (χ3n) is 5.92. The first-order chi connectivity index (χ1) is 13.5. The van der Waals surface area contributed by atoms with E-state index in [4.69, 9.17) is 5.11 Å². The fourth-order valence-electron chi connectivity index (χ4n) is 4.19. The number of aromatic nitrogens is 2. The molecule has 1 aliphatic carbocycles. The zero-order chi connectivity index (χ0) is 19.7. The van der Waals surface area contributed by atoms with Crippen molar-refractivity contribution >= 4 is 5.97 Å². The molecule has 0 radical (unpaired) electrons. The molecule has 0 amide bonds. The van der Waals surface area contributed by atoms with E-state index < -0.39 is 5.97 Å². The number of nitrogens with one attached hydrogen (secondary N) is 1. The highest BCUT2D eigenvalue weighted by molar-refractivity contribution is 5.88. The number of carbonyl (C=O) groups is 1. The molecule has 1 aromatic heterocycles. The van der Waals surface area contributed by atoms with E-state index in [1.807, 2.05) is 12.1 Å². The Morgan fingerprint density at radius 2 is 1.68 bits per heavy atom. The summed E-state index contributed by atoms with van der Waals surface area (Å²) in [6, 6.07) is 14.4. The van der Waals surface area contributed by atoms with Gasteiger partial charge in [-0.25, -0.2) is 4.79 Å². The topological polar surface area (TPSA) is 86.2 Å². The van der Waals surface area contributed by atoms with Gasteiger partial charge in [0.1, 0.15) is 5.75 Å². The van der Waals surface area contributed by atoms with Crippen LogP contribution in [0.15, 0.2) is 48.5 Å². The first kappa shape index (κ1) is 18.3. The highest BCUT2D eigenvalue weighted by Crippen LogP contribution is 2.43. The molecule has 4 rings (SSSR count). The molecular weight excluding hydrogens is 352 g/mol. The van der Waals surface area contributed by atoms with Crippen LogP contribution in [0.2, 0.25) is 0 Å². The van der Waals surface area contributed by atoms with Crippen molar-refractivity contribution in [2.75, 3.05) is 0 Å². The summed E-state index contributed by atoms with van der Waals surface area (Å²) in [4.78, 5) is 11.0. The summed E-state index contributed by atoms with van der Waals surface area (Å²) in [6.45, 7) is 2.24. The van der Waals surface area contributed by atoms with Crippen molar-refractivity contribution in [3.8, 4) is 28.3 Å². The third-order valence-corrected chi connectivity index (χ3v) is 5.92. The molecule has 0 unspecified atom stereocenters. The van der Waals surface area contributed by atoms with Gasteiger partial charge in [0.05, 0.1) is 17.0 Å². The number of carboxylic acids is 1. The Labute approximate surface area is 164 Å².